The van der Waals surface area contributed by atoms with E-state index in [0.29, 0.717) is 12.0 Å². The second-order valence-electron chi connectivity index (χ2n) is 2.49. The molecular weight excluding hydrogens is 150 g/mol. The highest BCUT2D eigenvalue weighted by molar-refractivity contribution is 5.96. The number of hydrogen-bond acceptors (Lipinski definition) is 2. The van der Waals surface area contributed by atoms with Crippen LogP contribution in [0.15, 0.2) is 29.3 Å². The Hall–Kier alpha value is -1.44. The molecule has 0 radical (unpaired) electrons. The lowest BCUT2D eigenvalue weighted by molar-refractivity contribution is 0.0988. The van der Waals surface area contributed by atoms with Crippen LogP contribution in [0.1, 0.15) is 23.7 Å². The maximum absolute atomic E-state index is 11.2. The number of aliphatic imine (C=N–C) groups is 1. The van der Waals surface area contributed by atoms with Crippen molar-refractivity contribution in [3.05, 3.63) is 29.8 Å². The Morgan fingerprint density at radius 2 is 2.33 bits per heavy atom. The first-order chi connectivity index (χ1) is 5.77. The number of carbonyl (C=O) groups is 1. The minimum absolute atomic E-state index is 0.139. The zero-order chi connectivity index (χ0) is 8.97. The summed E-state index contributed by atoms with van der Waals surface area (Å²) >= 11 is 0. The molecule has 0 N–H and O–H groups in total. The molecule has 2 nitrogen and oxygen atoms in total. The molecule has 0 heterocycles. The zero-order valence-electron chi connectivity index (χ0n) is 7.08. The first kappa shape index (κ1) is 8.65. The van der Waals surface area contributed by atoms with E-state index in [-0.39, 0.29) is 5.78 Å². The topological polar surface area (TPSA) is 29.4 Å². The fourth-order valence-corrected chi connectivity index (χ4v) is 0.982. The second kappa shape index (κ2) is 3.81. The van der Waals surface area contributed by atoms with Crippen LogP contribution in [-0.4, -0.2) is 12.5 Å². The third-order valence-electron chi connectivity index (χ3n) is 1.67. The largest absolute Gasteiger partial charge is 0.294 e. The molecule has 0 spiro atoms. The van der Waals surface area contributed by atoms with Gasteiger partial charge in [0.05, 0.1) is 5.69 Å². The van der Waals surface area contributed by atoms with E-state index >= 15 is 0 Å². The van der Waals surface area contributed by atoms with E-state index in [4.69, 9.17) is 0 Å². The highest BCUT2D eigenvalue weighted by atomic mass is 16.1. The minimum atomic E-state index is 0.139. The van der Waals surface area contributed by atoms with Crippen molar-refractivity contribution < 1.29 is 4.79 Å². The maximum Gasteiger partial charge on any atom is 0.162 e. The smallest absolute Gasteiger partial charge is 0.162 e. The van der Waals surface area contributed by atoms with E-state index in [9.17, 15) is 4.79 Å². The van der Waals surface area contributed by atoms with Gasteiger partial charge in [-0.3, -0.25) is 9.79 Å². The number of Topliss-reactive ketones (excluding diaryl/α,β-unsaturated/α-hetero) is 1. The van der Waals surface area contributed by atoms with Gasteiger partial charge in [-0.2, -0.15) is 0 Å². The molecule has 0 unspecified atom stereocenters. The van der Waals surface area contributed by atoms with Gasteiger partial charge in [0, 0.05) is 12.0 Å². The molecule has 1 aromatic carbocycles. The van der Waals surface area contributed by atoms with Gasteiger partial charge >= 0.3 is 0 Å². The van der Waals surface area contributed by atoms with Crippen LogP contribution in [0.25, 0.3) is 0 Å². The van der Waals surface area contributed by atoms with Crippen molar-refractivity contribution in [1.82, 2.24) is 0 Å². The van der Waals surface area contributed by atoms with E-state index < -0.39 is 0 Å². The summed E-state index contributed by atoms with van der Waals surface area (Å²) in [5.41, 5.74) is 1.46. The average molecular weight is 161 g/mol. The van der Waals surface area contributed by atoms with Gasteiger partial charge in [-0.15, -0.1) is 0 Å². The highest BCUT2D eigenvalue weighted by Gasteiger charge is 2.01. The average Bonchev–Trinajstić information content (AvgIpc) is 2.17. The summed E-state index contributed by atoms with van der Waals surface area (Å²) in [6, 6.07) is 7.17. The Bertz CT molecular complexity index is 304. The number of rotatable bonds is 3. The van der Waals surface area contributed by atoms with E-state index in [0.717, 1.165) is 5.69 Å². The van der Waals surface area contributed by atoms with Crippen LogP contribution >= 0.6 is 0 Å². The molecule has 0 aliphatic rings. The molecule has 0 bridgehead atoms. The van der Waals surface area contributed by atoms with E-state index in [1.165, 1.54) is 0 Å². The summed E-state index contributed by atoms with van der Waals surface area (Å²) in [6.07, 6.45) is 0.528. The van der Waals surface area contributed by atoms with E-state index in [1.807, 2.05) is 19.1 Å². The molecule has 62 valence electrons. The molecule has 0 aliphatic heterocycles. The zero-order valence-corrected chi connectivity index (χ0v) is 7.08. The maximum atomic E-state index is 11.2. The number of benzene rings is 1. The van der Waals surface area contributed by atoms with Crippen LogP contribution in [-0.2, 0) is 0 Å². The van der Waals surface area contributed by atoms with Gasteiger partial charge in [-0.1, -0.05) is 19.1 Å². The van der Waals surface area contributed by atoms with Gasteiger partial charge in [0.1, 0.15) is 0 Å². The monoisotopic (exact) mass is 161 g/mol. The quantitative estimate of drug-likeness (QED) is 0.495. The SMILES string of the molecule is C=Nc1cccc(C(=O)CC)c1. The van der Waals surface area contributed by atoms with Gasteiger partial charge in [-0.25, -0.2) is 0 Å². The fourth-order valence-electron chi connectivity index (χ4n) is 0.982. The predicted octanol–water partition coefficient (Wildman–Crippen LogP) is 2.61. The van der Waals surface area contributed by atoms with Crippen LogP contribution in [0.3, 0.4) is 0 Å². The molecule has 1 rings (SSSR count). The van der Waals surface area contributed by atoms with E-state index in [1.54, 1.807) is 12.1 Å². The Kier molecular flexibility index (Phi) is 2.75. The molecule has 2 heteroatoms. The van der Waals surface area contributed by atoms with Crippen molar-refractivity contribution in [3.63, 3.8) is 0 Å². The lowest BCUT2D eigenvalue weighted by Crippen LogP contribution is -1.94. The van der Waals surface area contributed by atoms with Gasteiger partial charge in [-0.05, 0) is 18.9 Å². The second-order valence-corrected chi connectivity index (χ2v) is 2.49. The fraction of sp³-hybridized carbons (Fsp3) is 0.200. The summed E-state index contributed by atoms with van der Waals surface area (Å²) in [6.45, 7) is 5.24. The normalized spacial score (nSPS) is 9.42. The lowest BCUT2D eigenvalue weighted by Gasteiger charge is -1.97. The van der Waals surface area contributed by atoms with Crippen molar-refractivity contribution in [2.24, 2.45) is 4.99 Å². The molecule has 0 saturated heterocycles. The first-order valence-corrected chi connectivity index (χ1v) is 3.88. The minimum Gasteiger partial charge on any atom is -0.294 e. The van der Waals surface area contributed by atoms with Gasteiger partial charge < -0.3 is 0 Å². The van der Waals surface area contributed by atoms with Crippen LogP contribution < -0.4 is 0 Å². The lowest BCUT2D eigenvalue weighted by atomic mass is 10.1. The molecule has 0 saturated carbocycles. The van der Waals surface area contributed by atoms with Crippen LogP contribution in [0.5, 0.6) is 0 Å². The molecule has 1 aromatic rings. The molecular formula is C10H11NO. The highest BCUT2D eigenvalue weighted by Crippen LogP contribution is 2.14. The Labute approximate surface area is 71.9 Å². The molecule has 0 aliphatic carbocycles. The first-order valence-electron chi connectivity index (χ1n) is 3.88. The Balaban J connectivity index is 3.01. The van der Waals surface area contributed by atoms with Crippen molar-refractivity contribution >= 4 is 18.2 Å². The van der Waals surface area contributed by atoms with E-state index in [2.05, 4.69) is 11.7 Å². The summed E-state index contributed by atoms with van der Waals surface area (Å²) in [5, 5.41) is 0. The third-order valence-corrected chi connectivity index (χ3v) is 1.67. The third kappa shape index (κ3) is 1.78. The van der Waals surface area contributed by atoms with Crippen LogP contribution in [0, 0.1) is 0 Å². The van der Waals surface area contributed by atoms with Gasteiger partial charge in [0.25, 0.3) is 0 Å². The Morgan fingerprint density at radius 1 is 1.58 bits per heavy atom. The number of nitrogens with zero attached hydrogens (tertiary/aromatic N) is 1. The number of carbonyl (C=O) groups excluding carboxylic acids is 1. The predicted molar refractivity (Wildman–Crippen MR) is 50.3 cm³/mol. The molecule has 12 heavy (non-hydrogen) atoms. The molecule has 0 amide bonds. The van der Waals surface area contributed by atoms with Gasteiger partial charge in [0.2, 0.25) is 0 Å². The standard InChI is InChI=1S/C10H11NO/c1-3-10(12)8-5-4-6-9(7-8)11-2/h4-7H,2-3H2,1H3. The van der Waals surface area contributed by atoms with Crippen molar-refractivity contribution in [2.45, 2.75) is 13.3 Å². The van der Waals surface area contributed by atoms with Crippen LogP contribution in [0.4, 0.5) is 5.69 Å². The summed E-state index contributed by atoms with van der Waals surface area (Å²) in [4.78, 5) is 15.0. The number of hydrogen-bond donors (Lipinski definition) is 0. The van der Waals surface area contributed by atoms with Gasteiger partial charge in [0.15, 0.2) is 5.78 Å². The molecule has 0 atom stereocenters. The summed E-state index contributed by atoms with van der Waals surface area (Å²) < 4.78 is 0. The van der Waals surface area contributed by atoms with Crippen molar-refractivity contribution in [3.8, 4) is 0 Å². The van der Waals surface area contributed by atoms with Crippen molar-refractivity contribution in [2.75, 3.05) is 0 Å². The van der Waals surface area contributed by atoms with Crippen molar-refractivity contribution in [1.29, 1.82) is 0 Å². The Morgan fingerprint density at radius 3 is 2.92 bits per heavy atom. The molecule has 0 aromatic heterocycles. The van der Waals surface area contributed by atoms with Crippen LogP contribution in [0.2, 0.25) is 0 Å². The number of ketones is 1. The summed E-state index contributed by atoms with van der Waals surface area (Å²) in [5.74, 6) is 0.139. The molecule has 0 fully saturated rings. The summed E-state index contributed by atoms with van der Waals surface area (Å²) in [7, 11) is 0.